The molecule has 1 rings (SSSR count). The Morgan fingerprint density at radius 1 is 1.35 bits per heavy atom. The van der Waals surface area contributed by atoms with Gasteiger partial charge < -0.3 is 15.2 Å². The molecule has 0 aromatic heterocycles. The predicted molar refractivity (Wildman–Crippen MR) is 78.2 cm³/mol. The molecule has 0 saturated heterocycles. The molecule has 0 radical (unpaired) electrons. The van der Waals surface area contributed by atoms with Crippen LogP contribution in [-0.4, -0.2) is 35.3 Å². The first-order chi connectivity index (χ1) is 10.7. The van der Waals surface area contributed by atoms with E-state index < -0.39 is 23.6 Å². The highest BCUT2D eigenvalue weighted by Gasteiger charge is 2.29. The first-order valence-electron chi connectivity index (χ1n) is 6.33. The molecule has 126 valence electrons. The van der Waals surface area contributed by atoms with Crippen LogP contribution in [0.2, 0.25) is 0 Å². The van der Waals surface area contributed by atoms with Crippen LogP contribution in [0.25, 0.3) is 0 Å². The summed E-state index contributed by atoms with van der Waals surface area (Å²) in [6.45, 7) is 3.28. The van der Waals surface area contributed by atoms with E-state index in [0.717, 1.165) is 0 Å². The van der Waals surface area contributed by atoms with Crippen LogP contribution < -0.4 is 5.32 Å². The summed E-state index contributed by atoms with van der Waals surface area (Å²) in [5, 5.41) is 11.2. The van der Waals surface area contributed by atoms with E-state index in [0.29, 0.717) is 5.56 Å². The molecule has 1 atom stereocenters. The van der Waals surface area contributed by atoms with E-state index in [2.05, 4.69) is 16.6 Å². The zero-order valence-corrected chi connectivity index (χ0v) is 12.6. The first-order valence-corrected chi connectivity index (χ1v) is 7.14. The van der Waals surface area contributed by atoms with E-state index in [1.54, 1.807) is 0 Å². The number of alkyl carbamates (subject to hydrolysis) is 1. The van der Waals surface area contributed by atoms with Crippen molar-refractivity contribution in [3.05, 3.63) is 42.5 Å². The number of carboxylic acids is 1. The highest BCUT2D eigenvalue weighted by Crippen LogP contribution is 2.36. The molecule has 0 saturated carbocycles. The normalized spacial score (nSPS) is 12.3. The summed E-state index contributed by atoms with van der Waals surface area (Å²) in [4.78, 5) is 22.5. The van der Waals surface area contributed by atoms with Gasteiger partial charge in [0.25, 0.3) is 0 Å². The van der Waals surface area contributed by atoms with Gasteiger partial charge in [0.15, 0.2) is 0 Å². The Morgan fingerprint density at radius 2 is 1.96 bits per heavy atom. The second-order valence-corrected chi connectivity index (χ2v) is 5.46. The number of thioether (sulfide) groups is 1. The van der Waals surface area contributed by atoms with Gasteiger partial charge in [0.2, 0.25) is 0 Å². The Hall–Kier alpha value is -2.16. The van der Waals surface area contributed by atoms with Gasteiger partial charge in [-0.05, 0) is 29.5 Å². The lowest BCUT2D eigenvalue weighted by atomic mass is 10.1. The summed E-state index contributed by atoms with van der Waals surface area (Å²) in [6, 6.07) is 3.97. The number of rotatable bonds is 7. The summed E-state index contributed by atoms with van der Waals surface area (Å²) in [5.41, 5.74) is -3.92. The van der Waals surface area contributed by atoms with Crippen molar-refractivity contribution in [2.45, 2.75) is 22.9 Å². The quantitative estimate of drug-likeness (QED) is 0.584. The third kappa shape index (κ3) is 7.59. The van der Waals surface area contributed by atoms with Crippen LogP contribution in [0.1, 0.15) is 5.56 Å². The molecule has 0 spiro atoms. The van der Waals surface area contributed by atoms with Crippen molar-refractivity contribution in [3.63, 3.8) is 0 Å². The Morgan fingerprint density at radius 3 is 2.43 bits per heavy atom. The molecule has 23 heavy (non-hydrogen) atoms. The fourth-order valence-corrected chi connectivity index (χ4v) is 2.12. The molecule has 1 amide bonds. The fourth-order valence-electron chi connectivity index (χ4n) is 1.58. The highest BCUT2D eigenvalue weighted by atomic mass is 32.2. The van der Waals surface area contributed by atoms with Crippen LogP contribution in [0.15, 0.2) is 41.8 Å². The van der Waals surface area contributed by atoms with Crippen molar-refractivity contribution < 1.29 is 32.6 Å². The fraction of sp³-hybridized carbons (Fsp3) is 0.286. The van der Waals surface area contributed by atoms with E-state index in [9.17, 15) is 22.8 Å². The number of carbonyl (C=O) groups is 2. The van der Waals surface area contributed by atoms with E-state index in [1.165, 1.54) is 30.3 Å². The van der Waals surface area contributed by atoms with Crippen LogP contribution in [0.5, 0.6) is 0 Å². The number of nitrogens with one attached hydrogen (secondary N) is 1. The van der Waals surface area contributed by atoms with Gasteiger partial charge >= 0.3 is 17.6 Å². The van der Waals surface area contributed by atoms with Crippen molar-refractivity contribution in [2.24, 2.45) is 0 Å². The monoisotopic (exact) mass is 349 g/mol. The van der Waals surface area contributed by atoms with E-state index in [1.807, 2.05) is 0 Å². The Balaban J connectivity index is 2.68. The van der Waals surface area contributed by atoms with Crippen molar-refractivity contribution >= 4 is 23.8 Å². The van der Waals surface area contributed by atoms with Gasteiger partial charge in [-0.3, -0.25) is 0 Å². The average Bonchev–Trinajstić information content (AvgIpc) is 2.44. The third-order valence-electron chi connectivity index (χ3n) is 2.52. The number of amides is 1. The lowest BCUT2D eigenvalue weighted by Gasteiger charge is -2.14. The van der Waals surface area contributed by atoms with Gasteiger partial charge in [-0.15, -0.1) is 0 Å². The van der Waals surface area contributed by atoms with Gasteiger partial charge in [-0.2, -0.15) is 13.2 Å². The average molecular weight is 349 g/mol. The summed E-state index contributed by atoms with van der Waals surface area (Å²) in [6.07, 6.45) is 0.323. The number of halogens is 3. The van der Waals surface area contributed by atoms with Gasteiger partial charge in [0, 0.05) is 11.3 Å². The van der Waals surface area contributed by atoms with E-state index in [4.69, 9.17) is 5.11 Å². The molecule has 0 heterocycles. The second-order valence-electron chi connectivity index (χ2n) is 4.32. The number of ether oxygens (including phenoxy) is 1. The second kappa shape index (κ2) is 8.47. The van der Waals surface area contributed by atoms with Gasteiger partial charge in [-0.1, -0.05) is 24.8 Å². The molecule has 9 heteroatoms. The highest BCUT2D eigenvalue weighted by molar-refractivity contribution is 8.00. The molecule has 1 aromatic carbocycles. The first kappa shape index (κ1) is 18.9. The summed E-state index contributed by atoms with van der Waals surface area (Å²) >= 11 is -0.261. The lowest BCUT2D eigenvalue weighted by Crippen LogP contribution is -2.42. The van der Waals surface area contributed by atoms with E-state index in [-0.39, 0.29) is 29.7 Å². The SMILES string of the molecule is C=CCOC(=O)NC(Cc1ccc(SC(F)(F)F)cc1)C(=O)O. The van der Waals surface area contributed by atoms with Gasteiger partial charge in [-0.25, -0.2) is 9.59 Å². The number of hydrogen-bond acceptors (Lipinski definition) is 4. The number of hydrogen-bond donors (Lipinski definition) is 2. The van der Waals surface area contributed by atoms with Crippen LogP contribution in [0.3, 0.4) is 0 Å². The van der Waals surface area contributed by atoms with Crippen LogP contribution >= 0.6 is 11.8 Å². The molecule has 5 nitrogen and oxygen atoms in total. The molecule has 0 aliphatic heterocycles. The number of aliphatic carboxylic acids is 1. The zero-order valence-electron chi connectivity index (χ0n) is 11.8. The zero-order chi connectivity index (χ0) is 17.5. The standard InChI is InChI=1S/C14H14F3NO4S/c1-2-7-22-13(21)18-11(12(19)20)8-9-3-5-10(6-4-9)23-14(15,16)17/h2-6,11H,1,7-8H2,(H,18,21)(H,19,20). The summed E-state index contributed by atoms with van der Waals surface area (Å²) in [5.74, 6) is -1.28. The molecule has 0 bridgehead atoms. The van der Waals surface area contributed by atoms with Gasteiger partial charge in [0.1, 0.15) is 12.6 Å². The predicted octanol–water partition coefficient (Wildman–Crippen LogP) is 3.21. The molecular formula is C14H14F3NO4S. The maximum atomic E-state index is 12.2. The molecule has 0 aliphatic rings. The lowest BCUT2D eigenvalue weighted by molar-refractivity contribution is -0.139. The van der Waals surface area contributed by atoms with E-state index >= 15 is 0 Å². The maximum absolute atomic E-state index is 12.2. The summed E-state index contributed by atoms with van der Waals surface area (Å²) in [7, 11) is 0. The van der Waals surface area contributed by atoms with Crippen LogP contribution in [-0.2, 0) is 16.0 Å². The van der Waals surface area contributed by atoms with Crippen LogP contribution in [0.4, 0.5) is 18.0 Å². The molecule has 0 aliphatic carbocycles. The molecule has 1 aromatic rings. The Labute approximate surface area is 134 Å². The summed E-state index contributed by atoms with van der Waals surface area (Å²) < 4.78 is 41.3. The van der Waals surface area contributed by atoms with Crippen molar-refractivity contribution in [1.82, 2.24) is 5.32 Å². The molecule has 1 unspecified atom stereocenters. The Kier molecular flexibility index (Phi) is 6.95. The van der Waals surface area contributed by atoms with Gasteiger partial charge in [0.05, 0.1) is 0 Å². The van der Waals surface area contributed by atoms with Crippen molar-refractivity contribution in [2.75, 3.05) is 6.61 Å². The number of carbonyl (C=O) groups excluding carboxylic acids is 1. The number of benzene rings is 1. The number of alkyl halides is 3. The Bertz CT molecular complexity index is 560. The molecule has 0 fully saturated rings. The molecule has 2 N–H and O–H groups in total. The molecular weight excluding hydrogens is 335 g/mol. The maximum Gasteiger partial charge on any atom is 0.446 e. The minimum atomic E-state index is -4.39. The minimum Gasteiger partial charge on any atom is -0.480 e. The largest absolute Gasteiger partial charge is 0.480 e. The van der Waals surface area contributed by atoms with Crippen LogP contribution in [0, 0.1) is 0 Å². The third-order valence-corrected chi connectivity index (χ3v) is 3.26. The number of carboxylic acid groups (broad SMARTS) is 1. The topological polar surface area (TPSA) is 75.6 Å². The smallest absolute Gasteiger partial charge is 0.446 e. The van der Waals surface area contributed by atoms with Crippen molar-refractivity contribution in [1.29, 1.82) is 0 Å². The minimum absolute atomic E-state index is 0.00789. The van der Waals surface area contributed by atoms with Crippen molar-refractivity contribution in [3.8, 4) is 0 Å².